The van der Waals surface area contributed by atoms with Gasteiger partial charge in [-0.25, -0.2) is 13.4 Å². The first-order chi connectivity index (χ1) is 14.7. The second-order valence-electron chi connectivity index (χ2n) is 8.01. The highest BCUT2D eigenvalue weighted by molar-refractivity contribution is 7.91. The summed E-state index contributed by atoms with van der Waals surface area (Å²) >= 11 is 1.51. The number of likely N-dealkylation sites (N-methyl/N-ethyl adjacent to an activating group) is 1. The van der Waals surface area contributed by atoms with Crippen LogP contribution in [0, 0.1) is 13.8 Å². The van der Waals surface area contributed by atoms with E-state index in [-0.39, 0.29) is 24.5 Å². The molecule has 0 radical (unpaired) electrons. The first kappa shape index (κ1) is 23.4. The van der Waals surface area contributed by atoms with E-state index in [0.29, 0.717) is 23.1 Å². The fraction of sp³-hybridized carbons (Fsp3) is 0.391. The predicted molar refractivity (Wildman–Crippen MR) is 128 cm³/mol. The Morgan fingerprint density at radius 3 is 2.45 bits per heavy atom. The Kier molecular flexibility index (Phi) is 7.46. The number of amides is 1. The molecule has 0 aliphatic rings. The van der Waals surface area contributed by atoms with Gasteiger partial charge in [0.25, 0.3) is 0 Å². The average molecular weight is 460 g/mol. The van der Waals surface area contributed by atoms with Crippen LogP contribution in [0.4, 0.5) is 5.13 Å². The molecule has 1 aromatic heterocycles. The van der Waals surface area contributed by atoms with E-state index in [0.717, 1.165) is 21.3 Å². The molecule has 0 atom stereocenters. The van der Waals surface area contributed by atoms with Gasteiger partial charge in [-0.2, -0.15) is 0 Å². The van der Waals surface area contributed by atoms with Crippen molar-refractivity contribution in [3.8, 4) is 0 Å². The summed E-state index contributed by atoms with van der Waals surface area (Å²) in [5.41, 5.74) is 3.18. The summed E-state index contributed by atoms with van der Waals surface area (Å²) in [6.07, 6.45) is 0.435. The molecule has 0 bridgehead atoms. The summed E-state index contributed by atoms with van der Waals surface area (Å²) in [7, 11) is 0.524. The van der Waals surface area contributed by atoms with E-state index in [1.165, 1.54) is 11.3 Å². The molecule has 0 saturated heterocycles. The third kappa shape index (κ3) is 5.90. The predicted octanol–water partition coefficient (Wildman–Crippen LogP) is 4.06. The van der Waals surface area contributed by atoms with Gasteiger partial charge in [-0.05, 0) is 63.7 Å². The summed E-state index contributed by atoms with van der Waals surface area (Å²) in [4.78, 5) is 21.8. The number of carbonyl (C=O) groups excluding carboxylic acids is 1. The molecule has 0 aliphatic heterocycles. The molecule has 2 aromatic carbocycles. The number of nitrogens with zero attached hydrogens (tertiary/aromatic N) is 3. The molecule has 0 spiro atoms. The Hall–Kier alpha value is -2.29. The van der Waals surface area contributed by atoms with Gasteiger partial charge in [0.2, 0.25) is 5.91 Å². The molecule has 0 unspecified atom stereocenters. The van der Waals surface area contributed by atoms with Crippen LogP contribution in [0.2, 0.25) is 0 Å². The van der Waals surface area contributed by atoms with Gasteiger partial charge in [0.15, 0.2) is 15.0 Å². The maximum Gasteiger partial charge on any atom is 0.228 e. The maximum absolute atomic E-state index is 13.1. The lowest BCUT2D eigenvalue weighted by molar-refractivity contribution is -0.118. The van der Waals surface area contributed by atoms with Crippen LogP contribution in [0.15, 0.2) is 47.4 Å². The van der Waals surface area contributed by atoms with Gasteiger partial charge in [-0.1, -0.05) is 35.6 Å². The molecule has 3 aromatic rings. The Bertz CT molecular complexity index is 1160. The Balaban J connectivity index is 1.76. The van der Waals surface area contributed by atoms with Crippen molar-refractivity contribution in [2.24, 2.45) is 0 Å². The number of thiazole rings is 1. The number of fused-ring (bicyclic) bond motifs is 1. The summed E-state index contributed by atoms with van der Waals surface area (Å²) in [6, 6.07) is 12.5. The average Bonchev–Trinajstić information content (AvgIpc) is 3.12. The zero-order valence-corrected chi connectivity index (χ0v) is 20.1. The molecule has 6 nitrogen and oxygen atoms in total. The minimum atomic E-state index is -3.39. The second-order valence-corrected chi connectivity index (χ2v) is 11.1. The topological polar surface area (TPSA) is 70.6 Å². The van der Waals surface area contributed by atoms with Crippen molar-refractivity contribution in [1.82, 2.24) is 9.88 Å². The zero-order valence-electron chi connectivity index (χ0n) is 18.5. The van der Waals surface area contributed by atoms with Crippen LogP contribution >= 0.6 is 11.3 Å². The Labute approximate surface area is 188 Å². The van der Waals surface area contributed by atoms with Gasteiger partial charge in [0, 0.05) is 19.5 Å². The Morgan fingerprint density at radius 2 is 1.77 bits per heavy atom. The number of aromatic nitrogens is 1. The number of carbonyl (C=O) groups is 1. The summed E-state index contributed by atoms with van der Waals surface area (Å²) in [5, 5.41) is 0.668. The zero-order chi connectivity index (χ0) is 22.6. The lowest BCUT2D eigenvalue weighted by Gasteiger charge is -2.22. The van der Waals surface area contributed by atoms with Crippen molar-refractivity contribution < 1.29 is 13.2 Å². The molecule has 8 heteroatoms. The van der Waals surface area contributed by atoms with Gasteiger partial charge in [0.05, 0.1) is 20.9 Å². The summed E-state index contributed by atoms with van der Waals surface area (Å²) in [5.74, 6) is -0.152. The molecular weight excluding hydrogens is 430 g/mol. The van der Waals surface area contributed by atoms with E-state index in [4.69, 9.17) is 4.98 Å². The molecule has 0 aliphatic carbocycles. The van der Waals surface area contributed by atoms with Crippen molar-refractivity contribution >= 4 is 42.4 Å². The van der Waals surface area contributed by atoms with Crippen molar-refractivity contribution in [1.29, 1.82) is 0 Å². The standard InChI is InChI=1S/C23H29N3O3S2/c1-17-15-18(2)22-20(16-17)24-23(30-22)26(13-12-25(3)4)21(27)11-8-14-31(28,29)19-9-6-5-7-10-19/h5-7,9-10,15-16H,8,11-14H2,1-4H3. The van der Waals surface area contributed by atoms with E-state index in [1.807, 2.05) is 32.0 Å². The van der Waals surface area contributed by atoms with Gasteiger partial charge in [-0.3, -0.25) is 9.69 Å². The first-order valence-corrected chi connectivity index (χ1v) is 12.7. The van der Waals surface area contributed by atoms with Crippen LogP contribution in [0.1, 0.15) is 24.0 Å². The first-order valence-electron chi connectivity index (χ1n) is 10.3. The molecule has 1 heterocycles. The van der Waals surface area contributed by atoms with Crippen molar-refractivity contribution in [2.45, 2.75) is 31.6 Å². The van der Waals surface area contributed by atoms with E-state index in [2.05, 4.69) is 13.0 Å². The number of sulfone groups is 1. The maximum atomic E-state index is 13.1. The smallest absolute Gasteiger partial charge is 0.228 e. The fourth-order valence-electron chi connectivity index (χ4n) is 3.40. The molecule has 31 heavy (non-hydrogen) atoms. The monoisotopic (exact) mass is 459 g/mol. The molecule has 0 fully saturated rings. The van der Waals surface area contributed by atoms with Crippen LogP contribution < -0.4 is 4.90 Å². The highest BCUT2D eigenvalue weighted by atomic mass is 32.2. The number of rotatable bonds is 9. The number of benzene rings is 2. The van der Waals surface area contributed by atoms with Gasteiger partial charge < -0.3 is 4.90 Å². The van der Waals surface area contributed by atoms with E-state index in [9.17, 15) is 13.2 Å². The third-order valence-corrected chi connectivity index (χ3v) is 8.06. The van der Waals surface area contributed by atoms with Crippen LogP contribution in [-0.4, -0.2) is 57.1 Å². The number of aryl methyl sites for hydroxylation is 2. The van der Waals surface area contributed by atoms with Crippen LogP contribution in [0.25, 0.3) is 10.2 Å². The van der Waals surface area contributed by atoms with Crippen molar-refractivity contribution in [2.75, 3.05) is 37.8 Å². The molecular formula is C23H29N3O3S2. The number of hydrogen-bond donors (Lipinski definition) is 0. The summed E-state index contributed by atoms with van der Waals surface area (Å²) in [6.45, 7) is 5.29. The highest BCUT2D eigenvalue weighted by Crippen LogP contribution is 2.32. The fourth-order valence-corrected chi connectivity index (χ4v) is 5.79. The largest absolute Gasteiger partial charge is 0.308 e. The second kappa shape index (κ2) is 9.89. The Morgan fingerprint density at radius 1 is 1.06 bits per heavy atom. The lowest BCUT2D eigenvalue weighted by atomic mass is 10.1. The van der Waals surface area contributed by atoms with Gasteiger partial charge in [-0.15, -0.1) is 0 Å². The number of anilines is 1. The van der Waals surface area contributed by atoms with Crippen LogP contribution in [0.3, 0.4) is 0 Å². The minimum Gasteiger partial charge on any atom is -0.308 e. The van der Waals surface area contributed by atoms with Crippen LogP contribution in [-0.2, 0) is 14.6 Å². The SMILES string of the molecule is Cc1cc(C)c2sc(N(CCN(C)C)C(=O)CCCS(=O)(=O)c3ccccc3)nc2c1. The minimum absolute atomic E-state index is 0.0532. The quantitative estimate of drug-likeness (QED) is 0.483. The van der Waals surface area contributed by atoms with Gasteiger partial charge >= 0.3 is 0 Å². The highest BCUT2D eigenvalue weighted by Gasteiger charge is 2.22. The molecule has 0 N–H and O–H groups in total. The van der Waals surface area contributed by atoms with Crippen LogP contribution in [0.5, 0.6) is 0 Å². The van der Waals surface area contributed by atoms with Gasteiger partial charge in [0.1, 0.15) is 0 Å². The van der Waals surface area contributed by atoms with E-state index >= 15 is 0 Å². The molecule has 1 amide bonds. The molecule has 166 valence electrons. The van der Waals surface area contributed by atoms with Crippen molar-refractivity contribution in [3.63, 3.8) is 0 Å². The summed E-state index contributed by atoms with van der Waals surface area (Å²) < 4.78 is 26.1. The van der Waals surface area contributed by atoms with Crippen molar-refractivity contribution in [3.05, 3.63) is 53.6 Å². The normalized spacial score (nSPS) is 11.9. The molecule has 3 rings (SSSR count). The number of hydrogen-bond acceptors (Lipinski definition) is 6. The van der Waals surface area contributed by atoms with E-state index < -0.39 is 9.84 Å². The third-order valence-electron chi connectivity index (χ3n) is 5.02. The lowest BCUT2D eigenvalue weighted by Crippen LogP contribution is -2.36. The molecule has 0 saturated carbocycles. The van der Waals surface area contributed by atoms with E-state index in [1.54, 1.807) is 35.2 Å².